The van der Waals surface area contributed by atoms with Crippen LogP contribution in [0.2, 0.25) is 0 Å². The van der Waals surface area contributed by atoms with E-state index in [9.17, 15) is 0 Å². The van der Waals surface area contributed by atoms with Crippen LogP contribution in [0.25, 0.3) is 11.3 Å². The van der Waals surface area contributed by atoms with Gasteiger partial charge in [0.2, 0.25) is 0 Å². The van der Waals surface area contributed by atoms with Crippen molar-refractivity contribution >= 4 is 5.96 Å². The van der Waals surface area contributed by atoms with Gasteiger partial charge in [0.15, 0.2) is 5.96 Å². The number of aryl methyl sites for hydroxylation is 1. The minimum atomic E-state index is 0.666. The first-order chi connectivity index (χ1) is 13.8. The molecule has 0 aliphatic heterocycles. The van der Waals surface area contributed by atoms with Gasteiger partial charge in [0.05, 0.1) is 18.4 Å². The number of imidazole rings is 1. The second kappa shape index (κ2) is 10.2. The van der Waals surface area contributed by atoms with Crippen LogP contribution in [0.1, 0.15) is 25.6 Å². The molecule has 0 fully saturated rings. The number of unbranched alkanes of at least 4 members (excludes halogenated alkanes) is 1. The van der Waals surface area contributed by atoms with E-state index in [2.05, 4.69) is 49.4 Å². The number of nitrogens with zero attached hydrogens (tertiary/aromatic N) is 6. The topological polar surface area (TPSA) is 87.0 Å². The van der Waals surface area contributed by atoms with Crippen LogP contribution in [0, 0.1) is 0 Å². The van der Waals surface area contributed by atoms with Gasteiger partial charge in [-0.2, -0.15) is 0 Å². The number of aromatic amines is 1. The van der Waals surface area contributed by atoms with Crippen molar-refractivity contribution in [3.8, 4) is 11.3 Å². The number of hydrogen-bond donors (Lipinski definition) is 2. The minimum absolute atomic E-state index is 0.666. The van der Waals surface area contributed by atoms with Gasteiger partial charge in [0.1, 0.15) is 18.5 Å². The molecule has 0 aliphatic carbocycles. The quantitative estimate of drug-likeness (QED) is 0.338. The summed E-state index contributed by atoms with van der Waals surface area (Å²) in [5, 5.41) is 11.0. The minimum Gasteiger partial charge on any atom is -0.357 e. The van der Waals surface area contributed by atoms with Crippen molar-refractivity contribution in [1.29, 1.82) is 0 Å². The van der Waals surface area contributed by atoms with Gasteiger partial charge in [-0.3, -0.25) is 4.99 Å². The number of guanidine groups is 1. The Kier molecular flexibility index (Phi) is 7.17. The molecule has 8 nitrogen and oxygen atoms in total. The normalized spacial score (nSPS) is 11.6. The molecule has 0 radical (unpaired) electrons. The van der Waals surface area contributed by atoms with Gasteiger partial charge in [-0.15, -0.1) is 10.2 Å². The smallest absolute Gasteiger partial charge is 0.194 e. The zero-order chi connectivity index (χ0) is 19.6. The average molecular weight is 381 g/mol. The number of aromatic nitrogens is 5. The van der Waals surface area contributed by atoms with Crippen LogP contribution in [-0.2, 0) is 13.1 Å². The van der Waals surface area contributed by atoms with Crippen molar-refractivity contribution in [3.63, 3.8) is 0 Å². The molecule has 0 saturated heterocycles. The molecular formula is C20H28N8. The summed E-state index contributed by atoms with van der Waals surface area (Å²) in [6, 6.07) is 10.2. The highest BCUT2D eigenvalue weighted by Crippen LogP contribution is 2.16. The summed E-state index contributed by atoms with van der Waals surface area (Å²) in [6.07, 6.45) is 7.43. The molecule has 8 heteroatoms. The molecule has 148 valence electrons. The Balaban J connectivity index is 1.52. The molecule has 0 bridgehead atoms. The average Bonchev–Trinajstić information content (AvgIpc) is 3.40. The van der Waals surface area contributed by atoms with Crippen molar-refractivity contribution in [2.75, 3.05) is 20.1 Å². The third-order valence-corrected chi connectivity index (χ3v) is 4.35. The van der Waals surface area contributed by atoms with Crippen molar-refractivity contribution in [1.82, 2.24) is 34.9 Å². The number of nitrogens with one attached hydrogen (secondary N) is 2. The molecule has 3 aromatic rings. The summed E-state index contributed by atoms with van der Waals surface area (Å²) in [7, 11) is 2.03. The van der Waals surface area contributed by atoms with Crippen LogP contribution < -0.4 is 5.32 Å². The van der Waals surface area contributed by atoms with Crippen LogP contribution in [-0.4, -0.2) is 55.7 Å². The Morgan fingerprint density at radius 3 is 2.71 bits per heavy atom. The van der Waals surface area contributed by atoms with Crippen LogP contribution in [0.4, 0.5) is 0 Å². The van der Waals surface area contributed by atoms with Crippen molar-refractivity contribution in [3.05, 3.63) is 55.0 Å². The highest BCUT2D eigenvalue weighted by Gasteiger charge is 2.09. The zero-order valence-electron chi connectivity index (χ0n) is 16.5. The van der Waals surface area contributed by atoms with Gasteiger partial charge in [-0.25, -0.2) is 4.98 Å². The van der Waals surface area contributed by atoms with Gasteiger partial charge in [-0.1, -0.05) is 30.3 Å². The molecule has 2 heterocycles. The lowest BCUT2D eigenvalue weighted by molar-refractivity contribution is 0.463. The van der Waals surface area contributed by atoms with Crippen LogP contribution in [0.5, 0.6) is 0 Å². The summed E-state index contributed by atoms with van der Waals surface area (Å²) in [5.41, 5.74) is 2.16. The van der Waals surface area contributed by atoms with E-state index in [0.29, 0.717) is 6.54 Å². The summed E-state index contributed by atoms with van der Waals surface area (Å²) in [6.45, 7) is 5.28. The molecule has 1 aromatic carbocycles. The summed E-state index contributed by atoms with van der Waals surface area (Å²) in [4.78, 5) is 14.8. The first-order valence-electron chi connectivity index (χ1n) is 9.67. The number of hydrogen-bond acceptors (Lipinski definition) is 4. The number of rotatable bonds is 9. The number of aliphatic imine (C=N–C) groups is 1. The lowest BCUT2D eigenvalue weighted by Crippen LogP contribution is -2.38. The SMILES string of the molecule is CCNC(=NCCCCn1cnnc1)N(C)Cc1ncc(-c2ccccc2)[nH]1. The monoisotopic (exact) mass is 380 g/mol. The fraction of sp³-hybridized carbons (Fsp3) is 0.400. The fourth-order valence-electron chi connectivity index (χ4n) is 2.91. The Hall–Kier alpha value is -3.16. The summed E-state index contributed by atoms with van der Waals surface area (Å²) >= 11 is 0. The van der Waals surface area contributed by atoms with E-state index in [-0.39, 0.29) is 0 Å². The molecule has 0 atom stereocenters. The van der Waals surface area contributed by atoms with Gasteiger partial charge >= 0.3 is 0 Å². The first kappa shape index (κ1) is 19.6. The summed E-state index contributed by atoms with van der Waals surface area (Å²) in [5.74, 6) is 1.81. The van der Waals surface area contributed by atoms with Gasteiger partial charge < -0.3 is 19.8 Å². The van der Waals surface area contributed by atoms with Crippen LogP contribution in [0.15, 0.2) is 54.2 Å². The van der Waals surface area contributed by atoms with Gasteiger partial charge in [-0.05, 0) is 25.3 Å². The second-order valence-electron chi connectivity index (χ2n) is 6.61. The lowest BCUT2D eigenvalue weighted by atomic mass is 10.2. The van der Waals surface area contributed by atoms with E-state index in [1.54, 1.807) is 12.7 Å². The van der Waals surface area contributed by atoms with E-state index in [4.69, 9.17) is 4.99 Å². The molecule has 28 heavy (non-hydrogen) atoms. The lowest BCUT2D eigenvalue weighted by Gasteiger charge is -2.21. The maximum absolute atomic E-state index is 4.74. The Bertz CT molecular complexity index is 838. The van der Waals surface area contributed by atoms with Crippen molar-refractivity contribution in [2.24, 2.45) is 4.99 Å². The van der Waals surface area contributed by atoms with E-state index < -0.39 is 0 Å². The predicted molar refractivity (Wildman–Crippen MR) is 111 cm³/mol. The van der Waals surface area contributed by atoms with E-state index in [0.717, 1.165) is 55.5 Å². The molecule has 0 amide bonds. The molecular weight excluding hydrogens is 352 g/mol. The number of benzene rings is 1. The highest BCUT2D eigenvalue weighted by atomic mass is 15.3. The van der Waals surface area contributed by atoms with E-state index in [1.165, 1.54) is 0 Å². The molecule has 2 aromatic heterocycles. The molecule has 0 unspecified atom stereocenters. The maximum atomic E-state index is 4.74. The second-order valence-corrected chi connectivity index (χ2v) is 6.61. The molecule has 0 spiro atoms. The molecule has 2 N–H and O–H groups in total. The van der Waals surface area contributed by atoms with Gasteiger partial charge in [0, 0.05) is 26.7 Å². The molecule has 0 aliphatic rings. The standard InChI is InChI=1S/C20H28N8/c1-3-21-20(22-11-7-8-12-28-15-24-25-16-28)27(2)14-19-23-13-18(26-19)17-9-5-4-6-10-17/h4-6,9-10,13,15-16H,3,7-8,11-12,14H2,1-2H3,(H,21,22)(H,23,26). The largest absolute Gasteiger partial charge is 0.357 e. The molecule has 0 saturated carbocycles. The Morgan fingerprint density at radius 1 is 1.18 bits per heavy atom. The highest BCUT2D eigenvalue weighted by molar-refractivity contribution is 5.79. The first-order valence-corrected chi connectivity index (χ1v) is 9.67. The summed E-state index contributed by atoms with van der Waals surface area (Å²) < 4.78 is 1.99. The molecule has 3 rings (SSSR count). The van der Waals surface area contributed by atoms with Crippen LogP contribution in [0.3, 0.4) is 0 Å². The van der Waals surface area contributed by atoms with E-state index in [1.807, 2.05) is 36.0 Å². The maximum Gasteiger partial charge on any atom is 0.194 e. The Morgan fingerprint density at radius 2 is 1.96 bits per heavy atom. The van der Waals surface area contributed by atoms with E-state index >= 15 is 0 Å². The third-order valence-electron chi connectivity index (χ3n) is 4.35. The van der Waals surface area contributed by atoms with Crippen molar-refractivity contribution < 1.29 is 0 Å². The van der Waals surface area contributed by atoms with Crippen molar-refractivity contribution in [2.45, 2.75) is 32.9 Å². The zero-order valence-corrected chi connectivity index (χ0v) is 16.5. The fourth-order valence-corrected chi connectivity index (χ4v) is 2.91. The third kappa shape index (κ3) is 5.67. The van der Waals surface area contributed by atoms with Crippen LogP contribution >= 0.6 is 0 Å². The Labute approximate surface area is 165 Å². The predicted octanol–water partition coefficient (Wildman–Crippen LogP) is 2.55. The van der Waals surface area contributed by atoms with Gasteiger partial charge in [0.25, 0.3) is 0 Å². The number of H-pyrrole nitrogens is 1.